The van der Waals surface area contributed by atoms with Gasteiger partial charge in [0.15, 0.2) is 0 Å². The second-order valence-corrected chi connectivity index (χ2v) is 6.35. The summed E-state index contributed by atoms with van der Waals surface area (Å²) in [6, 6.07) is 18.1. The molecule has 0 aliphatic carbocycles. The molecule has 0 unspecified atom stereocenters. The maximum Gasteiger partial charge on any atom is 0.338 e. The van der Waals surface area contributed by atoms with E-state index in [4.69, 9.17) is 4.74 Å². The molecule has 26 heavy (non-hydrogen) atoms. The summed E-state index contributed by atoms with van der Waals surface area (Å²) >= 11 is 0. The number of rotatable bonds is 7. The van der Waals surface area contributed by atoms with E-state index in [1.54, 1.807) is 0 Å². The van der Waals surface area contributed by atoms with Crippen LogP contribution in [-0.4, -0.2) is 30.2 Å². The minimum absolute atomic E-state index is 0.273. The second-order valence-electron chi connectivity index (χ2n) is 6.35. The van der Waals surface area contributed by atoms with Crippen LogP contribution in [0, 0.1) is 6.92 Å². The Bertz CT molecular complexity index is 877. The summed E-state index contributed by atoms with van der Waals surface area (Å²) in [5, 5.41) is 1.21. The maximum absolute atomic E-state index is 12.3. The Morgan fingerprint density at radius 3 is 2.42 bits per heavy atom. The topological polar surface area (TPSA) is 34.5 Å². The first-order chi connectivity index (χ1) is 12.6. The van der Waals surface area contributed by atoms with Gasteiger partial charge in [-0.1, -0.05) is 18.2 Å². The lowest BCUT2D eigenvalue weighted by Crippen LogP contribution is -2.21. The molecular formula is C22H26N2O2. The minimum atomic E-state index is -0.273. The van der Waals surface area contributed by atoms with Gasteiger partial charge in [-0.2, -0.15) is 0 Å². The predicted molar refractivity (Wildman–Crippen MR) is 107 cm³/mol. The zero-order valence-electron chi connectivity index (χ0n) is 15.7. The van der Waals surface area contributed by atoms with Crippen LogP contribution in [0.15, 0.2) is 54.6 Å². The molecule has 0 radical (unpaired) electrons. The van der Waals surface area contributed by atoms with Gasteiger partial charge >= 0.3 is 5.97 Å². The highest BCUT2D eigenvalue weighted by Gasteiger charge is 2.10. The van der Waals surface area contributed by atoms with Crippen molar-refractivity contribution in [2.24, 2.45) is 0 Å². The fourth-order valence-electron chi connectivity index (χ4n) is 3.36. The number of para-hydroxylation sites is 1. The lowest BCUT2D eigenvalue weighted by atomic mass is 10.2. The van der Waals surface area contributed by atoms with E-state index in [0.717, 1.165) is 18.8 Å². The molecule has 0 spiro atoms. The van der Waals surface area contributed by atoms with Gasteiger partial charge in [0.05, 0.1) is 12.1 Å². The Labute approximate surface area is 155 Å². The van der Waals surface area contributed by atoms with E-state index in [2.05, 4.69) is 48.4 Å². The van der Waals surface area contributed by atoms with Gasteiger partial charge in [-0.25, -0.2) is 4.79 Å². The third-order valence-electron chi connectivity index (χ3n) is 4.80. The van der Waals surface area contributed by atoms with Crippen LogP contribution in [0.3, 0.4) is 0 Å². The SMILES string of the molecule is CCN(CC)c1ccc(C(=O)OCCn2c(C)cc3ccccc32)cc1. The van der Waals surface area contributed by atoms with E-state index in [9.17, 15) is 4.79 Å². The van der Waals surface area contributed by atoms with Gasteiger partial charge in [-0.05, 0) is 62.6 Å². The molecule has 0 aliphatic heterocycles. The Hall–Kier alpha value is -2.75. The van der Waals surface area contributed by atoms with Gasteiger partial charge in [0.25, 0.3) is 0 Å². The van der Waals surface area contributed by atoms with Gasteiger partial charge in [0, 0.05) is 30.0 Å². The van der Waals surface area contributed by atoms with Crippen LogP contribution in [-0.2, 0) is 11.3 Å². The number of hydrogen-bond acceptors (Lipinski definition) is 3. The molecule has 4 heteroatoms. The lowest BCUT2D eigenvalue weighted by molar-refractivity contribution is 0.0492. The number of esters is 1. The summed E-state index contributed by atoms with van der Waals surface area (Å²) in [4.78, 5) is 14.5. The third kappa shape index (κ3) is 3.74. The van der Waals surface area contributed by atoms with E-state index >= 15 is 0 Å². The van der Waals surface area contributed by atoms with Gasteiger partial charge in [0.2, 0.25) is 0 Å². The van der Waals surface area contributed by atoms with Crippen LogP contribution in [0.2, 0.25) is 0 Å². The van der Waals surface area contributed by atoms with Crippen LogP contribution in [0.25, 0.3) is 10.9 Å². The number of fused-ring (bicyclic) bond motifs is 1. The minimum Gasteiger partial charge on any atom is -0.460 e. The Morgan fingerprint density at radius 1 is 1.04 bits per heavy atom. The Morgan fingerprint density at radius 2 is 1.73 bits per heavy atom. The molecule has 0 N–H and O–H groups in total. The van der Waals surface area contributed by atoms with E-state index in [0.29, 0.717) is 18.7 Å². The van der Waals surface area contributed by atoms with Crippen molar-refractivity contribution in [3.05, 3.63) is 65.9 Å². The van der Waals surface area contributed by atoms with E-state index in [1.165, 1.54) is 16.6 Å². The lowest BCUT2D eigenvalue weighted by Gasteiger charge is -2.20. The first-order valence-corrected chi connectivity index (χ1v) is 9.21. The molecule has 0 atom stereocenters. The van der Waals surface area contributed by atoms with E-state index in [1.807, 2.05) is 36.4 Å². The quantitative estimate of drug-likeness (QED) is 0.582. The summed E-state index contributed by atoms with van der Waals surface area (Å²) in [5.74, 6) is -0.273. The van der Waals surface area contributed by atoms with Crippen LogP contribution >= 0.6 is 0 Å². The van der Waals surface area contributed by atoms with Crippen molar-refractivity contribution in [3.8, 4) is 0 Å². The fourth-order valence-corrected chi connectivity index (χ4v) is 3.36. The Balaban J connectivity index is 1.61. The molecule has 1 aromatic heterocycles. The number of carbonyl (C=O) groups is 1. The molecule has 136 valence electrons. The second kappa shape index (κ2) is 8.09. The number of carbonyl (C=O) groups excluding carboxylic acids is 1. The summed E-state index contributed by atoms with van der Waals surface area (Å²) in [5.41, 5.74) is 4.06. The smallest absolute Gasteiger partial charge is 0.338 e. The highest BCUT2D eigenvalue weighted by Crippen LogP contribution is 2.19. The number of nitrogens with zero attached hydrogens (tertiary/aromatic N) is 2. The molecule has 0 saturated carbocycles. The van der Waals surface area contributed by atoms with Crippen molar-refractivity contribution < 1.29 is 9.53 Å². The van der Waals surface area contributed by atoms with Crippen molar-refractivity contribution in [3.63, 3.8) is 0 Å². The molecule has 0 bridgehead atoms. The largest absolute Gasteiger partial charge is 0.460 e. The average Bonchev–Trinajstić information content (AvgIpc) is 2.99. The number of anilines is 1. The van der Waals surface area contributed by atoms with E-state index < -0.39 is 0 Å². The standard InChI is InChI=1S/C22H26N2O2/c1-4-23(5-2)20-12-10-18(11-13-20)22(25)26-15-14-24-17(3)16-19-8-6-7-9-21(19)24/h6-13,16H,4-5,14-15H2,1-3H3. The maximum atomic E-state index is 12.3. The summed E-state index contributed by atoms with van der Waals surface area (Å²) in [7, 11) is 0. The fraction of sp³-hybridized carbons (Fsp3) is 0.318. The number of aryl methyl sites for hydroxylation is 1. The zero-order chi connectivity index (χ0) is 18.5. The van der Waals surface area contributed by atoms with Gasteiger partial charge in [-0.15, -0.1) is 0 Å². The number of ether oxygens (including phenoxy) is 1. The van der Waals surface area contributed by atoms with Crippen molar-refractivity contribution in [1.29, 1.82) is 0 Å². The molecule has 0 amide bonds. The first kappa shape index (κ1) is 18.1. The zero-order valence-corrected chi connectivity index (χ0v) is 15.7. The summed E-state index contributed by atoms with van der Waals surface area (Å²) in [6.07, 6.45) is 0. The van der Waals surface area contributed by atoms with Crippen LogP contribution in [0.5, 0.6) is 0 Å². The number of hydrogen-bond donors (Lipinski definition) is 0. The van der Waals surface area contributed by atoms with E-state index in [-0.39, 0.29) is 5.97 Å². The van der Waals surface area contributed by atoms with Gasteiger partial charge in [0.1, 0.15) is 6.61 Å². The molecule has 3 aromatic rings. The molecular weight excluding hydrogens is 324 g/mol. The Kier molecular flexibility index (Phi) is 5.61. The molecule has 0 fully saturated rings. The predicted octanol–water partition coefficient (Wildman–Crippen LogP) is 4.65. The first-order valence-electron chi connectivity index (χ1n) is 9.21. The number of benzene rings is 2. The van der Waals surface area contributed by atoms with Crippen molar-refractivity contribution >= 4 is 22.6 Å². The van der Waals surface area contributed by atoms with Crippen LogP contribution in [0.1, 0.15) is 29.9 Å². The van der Waals surface area contributed by atoms with Crippen LogP contribution in [0.4, 0.5) is 5.69 Å². The molecule has 3 rings (SSSR count). The monoisotopic (exact) mass is 350 g/mol. The molecule has 0 aliphatic rings. The highest BCUT2D eigenvalue weighted by atomic mass is 16.5. The van der Waals surface area contributed by atoms with Crippen LogP contribution < -0.4 is 4.90 Å². The highest BCUT2D eigenvalue weighted by molar-refractivity contribution is 5.89. The molecule has 4 nitrogen and oxygen atoms in total. The van der Waals surface area contributed by atoms with Crippen molar-refractivity contribution in [2.45, 2.75) is 27.3 Å². The van der Waals surface area contributed by atoms with Crippen molar-refractivity contribution in [2.75, 3.05) is 24.6 Å². The molecule has 1 heterocycles. The van der Waals surface area contributed by atoms with Gasteiger partial charge < -0.3 is 14.2 Å². The van der Waals surface area contributed by atoms with Gasteiger partial charge in [-0.3, -0.25) is 0 Å². The average molecular weight is 350 g/mol. The normalized spacial score (nSPS) is 10.9. The third-order valence-corrected chi connectivity index (χ3v) is 4.80. The molecule has 0 saturated heterocycles. The number of aromatic nitrogens is 1. The molecule has 2 aromatic carbocycles. The van der Waals surface area contributed by atoms with Crippen molar-refractivity contribution in [1.82, 2.24) is 4.57 Å². The summed E-state index contributed by atoms with van der Waals surface area (Å²) < 4.78 is 7.67. The summed E-state index contributed by atoms with van der Waals surface area (Å²) in [6.45, 7) is 9.23.